The average Bonchev–Trinajstić information content (AvgIpc) is 2.17. The summed E-state index contributed by atoms with van der Waals surface area (Å²) >= 11 is 0. The maximum absolute atomic E-state index is 11.4. The van der Waals surface area contributed by atoms with Crippen LogP contribution in [0.2, 0.25) is 0 Å². The van der Waals surface area contributed by atoms with Gasteiger partial charge in [-0.2, -0.15) is 0 Å². The summed E-state index contributed by atoms with van der Waals surface area (Å²) in [6.45, 7) is 0. The van der Waals surface area contributed by atoms with Gasteiger partial charge in [-0.15, -0.1) is 0 Å². The Morgan fingerprint density at radius 3 is 2.67 bits per heavy atom. The Labute approximate surface area is 83.8 Å². The Balaban J connectivity index is 2.96. The lowest BCUT2D eigenvalue weighted by Crippen LogP contribution is -2.14. The van der Waals surface area contributed by atoms with Gasteiger partial charge in [-0.05, 0) is 12.1 Å². The fraction of sp³-hybridized carbons (Fsp3) is 0. The molecule has 2 heterocycles. The van der Waals surface area contributed by atoms with Crippen molar-refractivity contribution in [2.75, 3.05) is 0 Å². The van der Waals surface area contributed by atoms with Gasteiger partial charge < -0.3 is 10.2 Å². The fourth-order valence-electron chi connectivity index (χ4n) is 1.39. The minimum atomic E-state index is -1.14. The van der Waals surface area contributed by atoms with Gasteiger partial charge in [0.2, 0.25) is 0 Å². The molecule has 0 saturated carbocycles. The van der Waals surface area contributed by atoms with E-state index in [1.165, 1.54) is 34.9 Å². The topological polar surface area (TPSA) is 79.0 Å². The van der Waals surface area contributed by atoms with Gasteiger partial charge in [0.25, 0.3) is 5.56 Å². The van der Waals surface area contributed by atoms with Crippen LogP contribution in [0.4, 0.5) is 0 Å². The van der Waals surface area contributed by atoms with E-state index in [-0.39, 0.29) is 22.4 Å². The molecular formula is C10H7NO4. The Morgan fingerprint density at radius 1 is 1.27 bits per heavy atom. The van der Waals surface area contributed by atoms with Crippen molar-refractivity contribution >= 4 is 11.5 Å². The van der Waals surface area contributed by atoms with Gasteiger partial charge in [0.05, 0.1) is 11.1 Å². The molecule has 0 aliphatic carbocycles. The minimum absolute atomic E-state index is 0.0227. The lowest BCUT2D eigenvalue weighted by atomic mass is 10.2. The number of nitrogens with zero attached hydrogens (tertiary/aromatic N) is 1. The average molecular weight is 205 g/mol. The normalized spacial score (nSPS) is 10.4. The quantitative estimate of drug-likeness (QED) is 0.718. The highest BCUT2D eigenvalue weighted by Gasteiger charge is 2.09. The largest absolute Gasteiger partial charge is 0.508 e. The number of aromatic nitrogens is 1. The van der Waals surface area contributed by atoms with E-state index >= 15 is 0 Å². The van der Waals surface area contributed by atoms with Crippen LogP contribution in [-0.4, -0.2) is 20.6 Å². The van der Waals surface area contributed by atoms with Crippen molar-refractivity contribution in [1.29, 1.82) is 0 Å². The highest BCUT2D eigenvalue weighted by molar-refractivity contribution is 5.95. The van der Waals surface area contributed by atoms with Crippen LogP contribution in [-0.2, 0) is 0 Å². The summed E-state index contributed by atoms with van der Waals surface area (Å²) in [5, 5.41) is 18.1. The second-order valence-corrected chi connectivity index (χ2v) is 3.03. The van der Waals surface area contributed by atoms with Gasteiger partial charge >= 0.3 is 5.97 Å². The summed E-state index contributed by atoms with van der Waals surface area (Å²) in [6.07, 6.45) is 1.33. The van der Waals surface area contributed by atoms with Crippen molar-refractivity contribution in [2.45, 2.75) is 0 Å². The molecule has 5 nitrogen and oxygen atoms in total. The number of fused-ring (bicyclic) bond motifs is 1. The van der Waals surface area contributed by atoms with Gasteiger partial charge in [0, 0.05) is 18.3 Å². The number of pyridine rings is 2. The fourth-order valence-corrected chi connectivity index (χ4v) is 1.39. The molecule has 0 aromatic carbocycles. The molecule has 0 bridgehead atoms. The molecule has 0 aliphatic rings. The standard InChI is InChI=1S/C10H7NO4/c12-6-3-4-11-8(5-6)7(10(14)15)1-2-9(11)13/h1-5,12H,(H,14,15). The molecule has 0 amide bonds. The van der Waals surface area contributed by atoms with Crippen LogP contribution in [0.15, 0.2) is 35.3 Å². The van der Waals surface area contributed by atoms with Crippen molar-refractivity contribution in [1.82, 2.24) is 4.40 Å². The third kappa shape index (κ3) is 1.43. The molecule has 0 unspecified atom stereocenters. The van der Waals surface area contributed by atoms with Crippen LogP contribution in [0, 0.1) is 0 Å². The molecule has 5 heteroatoms. The third-order valence-corrected chi connectivity index (χ3v) is 2.07. The number of aromatic carboxylic acids is 1. The van der Waals surface area contributed by atoms with Crippen LogP contribution in [0.5, 0.6) is 5.75 Å². The van der Waals surface area contributed by atoms with Crippen molar-refractivity contribution in [3.05, 3.63) is 46.4 Å². The summed E-state index contributed by atoms with van der Waals surface area (Å²) in [5.74, 6) is -1.22. The monoisotopic (exact) mass is 205 g/mol. The van der Waals surface area contributed by atoms with E-state index in [0.717, 1.165) is 0 Å². The zero-order valence-corrected chi connectivity index (χ0v) is 7.54. The number of hydrogen-bond donors (Lipinski definition) is 2. The van der Waals surface area contributed by atoms with Gasteiger partial charge in [-0.25, -0.2) is 4.79 Å². The molecule has 0 fully saturated rings. The second kappa shape index (κ2) is 3.13. The maximum atomic E-state index is 11.4. The van der Waals surface area contributed by atoms with E-state index in [0.29, 0.717) is 0 Å². The van der Waals surface area contributed by atoms with Crippen molar-refractivity contribution < 1.29 is 15.0 Å². The lowest BCUT2D eigenvalue weighted by molar-refractivity contribution is 0.0698. The van der Waals surface area contributed by atoms with Gasteiger partial charge in [0.15, 0.2) is 0 Å². The predicted molar refractivity (Wildman–Crippen MR) is 52.3 cm³/mol. The first kappa shape index (κ1) is 9.26. The second-order valence-electron chi connectivity index (χ2n) is 3.03. The summed E-state index contributed by atoms with van der Waals surface area (Å²) in [6, 6.07) is 4.96. The summed E-state index contributed by atoms with van der Waals surface area (Å²) in [4.78, 5) is 22.2. The molecule has 0 radical (unpaired) electrons. The number of carboxylic acid groups (broad SMARTS) is 1. The number of carboxylic acids is 1. The predicted octanol–water partition coefficient (Wildman–Crippen LogP) is 0.703. The van der Waals surface area contributed by atoms with Crippen molar-refractivity contribution in [3.63, 3.8) is 0 Å². The lowest BCUT2D eigenvalue weighted by Gasteiger charge is -2.03. The van der Waals surface area contributed by atoms with Crippen LogP contribution in [0.25, 0.3) is 5.52 Å². The first-order valence-electron chi connectivity index (χ1n) is 4.17. The molecule has 2 rings (SSSR count). The van der Waals surface area contributed by atoms with E-state index < -0.39 is 5.97 Å². The molecule has 15 heavy (non-hydrogen) atoms. The van der Waals surface area contributed by atoms with E-state index in [4.69, 9.17) is 5.11 Å². The molecular weight excluding hydrogens is 198 g/mol. The molecule has 0 saturated heterocycles. The Bertz CT molecular complexity index is 600. The van der Waals surface area contributed by atoms with Gasteiger partial charge in [-0.1, -0.05) is 0 Å². The van der Waals surface area contributed by atoms with Crippen LogP contribution < -0.4 is 5.56 Å². The van der Waals surface area contributed by atoms with Crippen LogP contribution >= 0.6 is 0 Å². The number of hydrogen-bond acceptors (Lipinski definition) is 3. The minimum Gasteiger partial charge on any atom is -0.508 e. The van der Waals surface area contributed by atoms with E-state index in [1.807, 2.05) is 0 Å². The van der Waals surface area contributed by atoms with E-state index in [1.54, 1.807) is 0 Å². The smallest absolute Gasteiger partial charge is 0.337 e. The van der Waals surface area contributed by atoms with E-state index in [9.17, 15) is 14.7 Å². The highest BCUT2D eigenvalue weighted by Crippen LogP contribution is 2.14. The van der Waals surface area contributed by atoms with Crippen molar-refractivity contribution in [3.8, 4) is 5.75 Å². The first-order valence-corrected chi connectivity index (χ1v) is 4.17. The number of aromatic hydroxyl groups is 1. The van der Waals surface area contributed by atoms with Crippen molar-refractivity contribution in [2.24, 2.45) is 0 Å². The summed E-state index contributed by atoms with van der Waals surface area (Å²) < 4.78 is 1.17. The Hall–Kier alpha value is -2.30. The maximum Gasteiger partial charge on any atom is 0.337 e. The molecule has 2 N–H and O–H groups in total. The van der Waals surface area contributed by atoms with E-state index in [2.05, 4.69) is 0 Å². The number of carbonyl (C=O) groups is 1. The Morgan fingerprint density at radius 2 is 2.00 bits per heavy atom. The molecule has 76 valence electrons. The Kier molecular flexibility index (Phi) is 1.93. The summed E-state index contributed by atoms with van der Waals surface area (Å²) in [7, 11) is 0. The van der Waals surface area contributed by atoms with Gasteiger partial charge in [0.1, 0.15) is 5.75 Å². The first-order chi connectivity index (χ1) is 7.09. The molecule has 0 aliphatic heterocycles. The molecule has 0 atom stereocenters. The van der Waals surface area contributed by atoms with Crippen LogP contribution in [0.3, 0.4) is 0 Å². The van der Waals surface area contributed by atoms with Crippen LogP contribution in [0.1, 0.15) is 10.4 Å². The molecule has 2 aromatic heterocycles. The van der Waals surface area contributed by atoms with Gasteiger partial charge in [-0.3, -0.25) is 9.20 Å². The zero-order chi connectivity index (χ0) is 11.0. The third-order valence-electron chi connectivity index (χ3n) is 2.07. The number of rotatable bonds is 1. The highest BCUT2D eigenvalue weighted by atomic mass is 16.4. The molecule has 0 spiro atoms. The SMILES string of the molecule is O=C(O)c1ccc(=O)n2ccc(O)cc12. The zero-order valence-electron chi connectivity index (χ0n) is 7.54. The molecule has 2 aromatic rings. The summed E-state index contributed by atoms with van der Waals surface area (Å²) in [5.41, 5.74) is -0.185.